The Morgan fingerprint density at radius 3 is 2.55 bits per heavy atom. The van der Waals surface area contributed by atoms with E-state index in [1.165, 1.54) is 25.3 Å². The molecule has 0 radical (unpaired) electrons. The number of hydrogen-bond donors (Lipinski definition) is 0. The fourth-order valence-electron chi connectivity index (χ4n) is 2.26. The molecule has 0 N–H and O–H groups in total. The standard InChI is InChI=1S/C14H14FNO4/c1-7(14(19)20-3)8(2)16-11-9(12(17)13(16)18)5-4-6-10(11)15/h4-8H,1-3H3. The molecule has 1 aliphatic rings. The smallest absolute Gasteiger partial charge is 0.310 e. The lowest BCUT2D eigenvalue weighted by atomic mass is 10.0. The summed E-state index contributed by atoms with van der Waals surface area (Å²) in [5.74, 6) is -3.45. The van der Waals surface area contributed by atoms with Crippen molar-refractivity contribution in [3.8, 4) is 0 Å². The summed E-state index contributed by atoms with van der Waals surface area (Å²) in [7, 11) is 1.23. The van der Waals surface area contributed by atoms with Crippen molar-refractivity contribution in [3.05, 3.63) is 29.6 Å². The van der Waals surface area contributed by atoms with Gasteiger partial charge in [0.15, 0.2) is 0 Å². The average molecular weight is 279 g/mol. The maximum atomic E-state index is 13.9. The van der Waals surface area contributed by atoms with E-state index in [0.29, 0.717) is 0 Å². The number of hydrogen-bond acceptors (Lipinski definition) is 4. The predicted molar refractivity (Wildman–Crippen MR) is 68.9 cm³/mol. The number of nitrogens with zero attached hydrogens (tertiary/aromatic N) is 1. The van der Waals surface area contributed by atoms with Crippen molar-refractivity contribution in [2.75, 3.05) is 12.0 Å². The zero-order chi connectivity index (χ0) is 15.0. The van der Waals surface area contributed by atoms with Gasteiger partial charge in [0.25, 0.3) is 11.7 Å². The normalized spacial score (nSPS) is 16.9. The molecule has 6 heteroatoms. The third-order valence-corrected chi connectivity index (χ3v) is 3.59. The molecular formula is C14H14FNO4. The fourth-order valence-corrected chi connectivity index (χ4v) is 2.26. The Balaban J connectivity index is 2.46. The van der Waals surface area contributed by atoms with Crippen molar-refractivity contribution >= 4 is 23.3 Å². The Hall–Kier alpha value is -2.24. The molecule has 0 saturated heterocycles. The summed E-state index contributed by atoms with van der Waals surface area (Å²) in [6.07, 6.45) is 0. The number of carbonyl (C=O) groups is 3. The Morgan fingerprint density at radius 2 is 1.95 bits per heavy atom. The summed E-state index contributed by atoms with van der Waals surface area (Å²) in [6, 6.07) is 3.26. The maximum Gasteiger partial charge on any atom is 0.310 e. The molecule has 0 spiro atoms. The van der Waals surface area contributed by atoms with Gasteiger partial charge in [-0.05, 0) is 26.0 Å². The van der Waals surface area contributed by atoms with Crippen LogP contribution in [0.4, 0.5) is 10.1 Å². The van der Waals surface area contributed by atoms with Crippen LogP contribution < -0.4 is 4.90 Å². The Labute approximate surface area is 115 Å². The lowest BCUT2D eigenvalue weighted by molar-refractivity contribution is -0.145. The highest BCUT2D eigenvalue weighted by atomic mass is 19.1. The van der Waals surface area contributed by atoms with Crippen LogP contribution in [0.15, 0.2) is 18.2 Å². The second-order valence-corrected chi connectivity index (χ2v) is 4.69. The van der Waals surface area contributed by atoms with Crippen molar-refractivity contribution in [2.24, 2.45) is 5.92 Å². The number of rotatable bonds is 3. The van der Waals surface area contributed by atoms with Gasteiger partial charge in [-0.3, -0.25) is 19.3 Å². The van der Waals surface area contributed by atoms with Gasteiger partial charge in [0, 0.05) is 6.04 Å². The SMILES string of the molecule is COC(=O)C(C)C(C)N1C(=O)C(=O)c2cccc(F)c21. The largest absolute Gasteiger partial charge is 0.469 e. The monoisotopic (exact) mass is 279 g/mol. The van der Waals surface area contributed by atoms with E-state index in [1.807, 2.05) is 0 Å². The van der Waals surface area contributed by atoms with E-state index >= 15 is 0 Å². The average Bonchev–Trinajstić information content (AvgIpc) is 2.70. The number of halogens is 1. The minimum Gasteiger partial charge on any atom is -0.469 e. The highest BCUT2D eigenvalue weighted by Gasteiger charge is 2.43. The van der Waals surface area contributed by atoms with Crippen molar-refractivity contribution < 1.29 is 23.5 Å². The van der Waals surface area contributed by atoms with E-state index in [4.69, 9.17) is 0 Å². The van der Waals surface area contributed by atoms with E-state index in [9.17, 15) is 18.8 Å². The molecule has 1 heterocycles. The first-order chi connectivity index (χ1) is 9.40. The second-order valence-electron chi connectivity index (χ2n) is 4.69. The van der Waals surface area contributed by atoms with E-state index < -0.39 is 35.4 Å². The van der Waals surface area contributed by atoms with Crippen molar-refractivity contribution in [1.29, 1.82) is 0 Å². The number of anilines is 1. The van der Waals surface area contributed by atoms with Gasteiger partial charge in [-0.1, -0.05) is 6.07 Å². The molecule has 2 unspecified atom stereocenters. The van der Waals surface area contributed by atoms with Gasteiger partial charge >= 0.3 is 5.97 Å². The summed E-state index contributed by atoms with van der Waals surface area (Å²) in [6.45, 7) is 3.14. The molecule has 0 fully saturated rings. The molecule has 0 aliphatic carbocycles. The molecular weight excluding hydrogens is 265 g/mol. The number of para-hydroxylation sites is 1. The van der Waals surface area contributed by atoms with Gasteiger partial charge in [-0.15, -0.1) is 0 Å². The summed E-state index contributed by atoms with van der Waals surface area (Å²) in [4.78, 5) is 36.5. The highest BCUT2D eigenvalue weighted by Crippen LogP contribution is 2.34. The fraction of sp³-hybridized carbons (Fsp3) is 0.357. The number of fused-ring (bicyclic) bond motifs is 1. The van der Waals surface area contributed by atoms with Crippen LogP contribution in [0.2, 0.25) is 0 Å². The Bertz CT molecular complexity index is 599. The van der Waals surface area contributed by atoms with E-state index in [1.54, 1.807) is 13.8 Å². The van der Waals surface area contributed by atoms with Crippen molar-refractivity contribution in [2.45, 2.75) is 19.9 Å². The van der Waals surface area contributed by atoms with Crippen LogP contribution in [0, 0.1) is 11.7 Å². The molecule has 0 aromatic heterocycles. The zero-order valence-corrected chi connectivity index (χ0v) is 11.3. The topological polar surface area (TPSA) is 63.7 Å². The van der Waals surface area contributed by atoms with Crippen LogP contribution in [-0.4, -0.2) is 30.8 Å². The van der Waals surface area contributed by atoms with Gasteiger partial charge in [0.05, 0.1) is 24.3 Å². The molecule has 20 heavy (non-hydrogen) atoms. The van der Waals surface area contributed by atoms with Gasteiger partial charge in [0.1, 0.15) is 5.82 Å². The molecule has 106 valence electrons. The van der Waals surface area contributed by atoms with E-state index in [-0.39, 0.29) is 11.3 Å². The van der Waals surface area contributed by atoms with Crippen molar-refractivity contribution in [1.82, 2.24) is 0 Å². The lowest BCUT2D eigenvalue weighted by Gasteiger charge is -2.28. The quantitative estimate of drug-likeness (QED) is 0.622. The third kappa shape index (κ3) is 1.97. The number of amides is 1. The summed E-state index contributed by atoms with van der Waals surface area (Å²) >= 11 is 0. The summed E-state index contributed by atoms with van der Waals surface area (Å²) < 4.78 is 18.5. The van der Waals surface area contributed by atoms with Crippen LogP contribution in [0.1, 0.15) is 24.2 Å². The number of esters is 1. The second kappa shape index (κ2) is 5.03. The molecule has 1 amide bonds. The van der Waals surface area contributed by atoms with Crippen LogP contribution in [-0.2, 0) is 14.3 Å². The number of benzene rings is 1. The first-order valence-corrected chi connectivity index (χ1v) is 6.14. The third-order valence-electron chi connectivity index (χ3n) is 3.59. The molecule has 5 nitrogen and oxygen atoms in total. The number of methoxy groups -OCH3 is 1. The number of carbonyl (C=O) groups excluding carboxylic acids is 3. The predicted octanol–water partition coefficient (Wildman–Crippen LogP) is 1.55. The van der Waals surface area contributed by atoms with Gasteiger partial charge < -0.3 is 4.74 Å². The molecule has 1 aliphatic heterocycles. The molecule has 1 aromatic rings. The number of ether oxygens (including phenoxy) is 1. The minimum atomic E-state index is -0.826. The molecule has 0 bridgehead atoms. The zero-order valence-electron chi connectivity index (χ0n) is 11.3. The van der Waals surface area contributed by atoms with E-state index in [0.717, 1.165) is 4.90 Å². The lowest BCUT2D eigenvalue weighted by Crippen LogP contribution is -2.44. The number of Topliss-reactive ketones (excluding diaryl/α,β-unsaturated/α-hetero) is 1. The van der Waals surface area contributed by atoms with Gasteiger partial charge in [-0.25, -0.2) is 4.39 Å². The molecule has 1 aromatic carbocycles. The van der Waals surface area contributed by atoms with Crippen LogP contribution >= 0.6 is 0 Å². The minimum absolute atomic E-state index is 0.0268. The highest BCUT2D eigenvalue weighted by molar-refractivity contribution is 6.52. The molecule has 0 saturated carbocycles. The molecule has 2 rings (SSSR count). The first-order valence-electron chi connectivity index (χ1n) is 6.14. The van der Waals surface area contributed by atoms with Crippen molar-refractivity contribution in [3.63, 3.8) is 0 Å². The van der Waals surface area contributed by atoms with Crippen LogP contribution in [0.25, 0.3) is 0 Å². The van der Waals surface area contributed by atoms with Crippen LogP contribution in [0.3, 0.4) is 0 Å². The van der Waals surface area contributed by atoms with Gasteiger partial charge in [0.2, 0.25) is 0 Å². The van der Waals surface area contributed by atoms with E-state index in [2.05, 4.69) is 4.74 Å². The Kier molecular flexibility index (Phi) is 3.57. The summed E-state index contributed by atoms with van der Waals surface area (Å²) in [5.41, 5.74) is -0.0373. The molecule has 2 atom stereocenters. The maximum absolute atomic E-state index is 13.9. The number of ketones is 1. The summed E-state index contributed by atoms with van der Waals surface area (Å²) in [5, 5.41) is 0. The van der Waals surface area contributed by atoms with Crippen LogP contribution in [0.5, 0.6) is 0 Å². The van der Waals surface area contributed by atoms with Gasteiger partial charge in [-0.2, -0.15) is 0 Å². The Morgan fingerprint density at radius 1 is 1.30 bits per heavy atom. The first kappa shape index (κ1) is 14.2.